The average molecular weight is 191 g/mol. The maximum atomic E-state index is 12.5. The number of nitrogens with two attached hydrogens (primary N) is 1. The lowest BCUT2D eigenvalue weighted by Gasteiger charge is -1.96. The van der Waals surface area contributed by atoms with Crippen LogP contribution in [0.3, 0.4) is 0 Å². The molecule has 0 aliphatic heterocycles. The summed E-state index contributed by atoms with van der Waals surface area (Å²) in [5, 5.41) is 0. The van der Waals surface area contributed by atoms with E-state index in [-0.39, 0.29) is 5.82 Å². The van der Waals surface area contributed by atoms with Gasteiger partial charge in [-0.15, -0.1) is 0 Å². The first kappa shape index (κ1) is 10.7. The molecule has 0 saturated heterocycles. The highest BCUT2D eigenvalue weighted by atomic mass is 19.1. The zero-order valence-corrected chi connectivity index (χ0v) is 8.04. The van der Waals surface area contributed by atoms with Gasteiger partial charge in [0.15, 0.2) is 0 Å². The van der Waals surface area contributed by atoms with Crippen LogP contribution in [0.4, 0.5) is 4.39 Å². The number of halogens is 1. The van der Waals surface area contributed by atoms with Gasteiger partial charge in [0.2, 0.25) is 0 Å². The molecule has 1 aromatic rings. The van der Waals surface area contributed by atoms with Crippen LogP contribution in [0.2, 0.25) is 0 Å². The van der Waals surface area contributed by atoms with Gasteiger partial charge in [-0.05, 0) is 30.7 Å². The molecule has 0 aliphatic carbocycles. The first-order chi connectivity index (χ1) is 6.72. The molecule has 0 spiro atoms. The summed E-state index contributed by atoms with van der Waals surface area (Å²) < 4.78 is 12.5. The van der Waals surface area contributed by atoms with Crippen LogP contribution >= 0.6 is 0 Å². The Kier molecular flexibility index (Phi) is 4.08. The van der Waals surface area contributed by atoms with Crippen molar-refractivity contribution < 1.29 is 4.39 Å². The van der Waals surface area contributed by atoms with Crippen LogP contribution in [0.1, 0.15) is 12.0 Å². The molecule has 14 heavy (non-hydrogen) atoms. The second-order valence-electron chi connectivity index (χ2n) is 3.08. The fraction of sp³-hybridized carbons (Fsp3) is 0.167. The quantitative estimate of drug-likeness (QED) is 0.727. The van der Waals surface area contributed by atoms with Crippen LogP contribution in [0, 0.1) is 5.82 Å². The van der Waals surface area contributed by atoms with Gasteiger partial charge in [0.05, 0.1) is 0 Å². The minimum atomic E-state index is -0.220. The summed E-state index contributed by atoms with van der Waals surface area (Å²) in [5.74, 6) is -0.220. The molecular formula is C12H14FN. The summed E-state index contributed by atoms with van der Waals surface area (Å²) >= 11 is 0. The maximum absolute atomic E-state index is 12.5. The van der Waals surface area contributed by atoms with Gasteiger partial charge in [0.1, 0.15) is 5.82 Å². The third-order valence-corrected chi connectivity index (χ3v) is 1.85. The van der Waals surface area contributed by atoms with E-state index in [1.165, 1.54) is 12.1 Å². The van der Waals surface area contributed by atoms with Crippen molar-refractivity contribution in [2.24, 2.45) is 5.73 Å². The fourth-order valence-electron chi connectivity index (χ4n) is 1.06. The van der Waals surface area contributed by atoms with Crippen molar-refractivity contribution in [2.75, 3.05) is 6.54 Å². The second kappa shape index (κ2) is 5.35. The number of benzene rings is 1. The highest BCUT2D eigenvalue weighted by Crippen LogP contribution is 2.07. The summed E-state index contributed by atoms with van der Waals surface area (Å²) in [6, 6.07) is 6.32. The molecule has 74 valence electrons. The van der Waals surface area contributed by atoms with E-state index in [0.29, 0.717) is 6.54 Å². The molecule has 1 rings (SSSR count). The molecule has 2 N–H and O–H groups in total. The lowest BCUT2D eigenvalue weighted by Crippen LogP contribution is -1.98. The van der Waals surface area contributed by atoms with Gasteiger partial charge in [0, 0.05) is 0 Å². The van der Waals surface area contributed by atoms with Gasteiger partial charge in [-0.1, -0.05) is 36.4 Å². The molecule has 0 aliphatic rings. The normalized spacial score (nSPS) is 10.7. The molecule has 0 unspecified atom stereocenters. The lowest BCUT2D eigenvalue weighted by atomic mass is 10.1. The minimum Gasteiger partial charge on any atom is -0.330 e. The Labute approximate surface area is 83.7 Å². The molecule has 0 bridgehead atoms. The molecule has 0 saturated carbocycles. The molecule has 0 amide bonds. The van der Waals surface area contributed by atoms with Crippen LogP contribution < -0.4 is 5.73 Å². The van der Waals surface area contributed by atoms with Gasteiger partial charge in [-0.3, -0.25) is 0 Å². The molecule has 1 aromatic carbocycles. The predicted molar refractivity (Wildman–Crippen MR) is 58.2 cm³/mol. The Morgan fingerprint density at radius 3 is 2.57 bits per heavy atom. The van der Waals surface area contributed by atoms with E-state index in [2.05, 4.69) is 6.58 Å². The topological polar surface area (TPSA) is 26.0 Å². The Morgan fingerprint density at radius 1 is 1.36 bits per heavy atom. The van der Waals surface area contributed by atoms with Crippen LogP contribution in [-0.2, 0) is 0 Å². The molecule has 0 heterocycles. The lowest BCUT2D eigenvalue weighted by molar-refractivity contribution is 0.628. The number of allylic oxidation sites excluding steroid dienone is 1. The van der Waals surface area contributed by atoms with Gasteiger partial charge < -0.3 is 5.73 Å². The van der Waals surface area contributed by atoms with Crippen molar-refractivity contribution in [1.29, 1.82) is 0 Å². The van der Waals surface area contributed by atoms with E-state index in [9.17, 15) is 4.39 Å². The largest absolute Gasteiger partial charge is 0.330 e. The number of hydrogen-bond donors (Lipinski definition) is 1. The number of rotatable bonds is 4. The summed E-state index contributed by atoms with van der Waals surface area (Å²) in [4.78, 5) is 0. The van der Waals surface area contributed by atoms with Crippen LogP contribution in [0.5, 0.6) is 0 Å². The van der Waals surface area contributed by atoms with Crippen LogP contribution in [-0.4, -0.2) is 6.54 Å². The van der Waals surface area contributed by atoms with Crippen molar-refractivity contribution in [1.82, 2.24) is 0 Å². The fourth-order valence-corrected chi connectivity index (χ4v) is 1.06. The van der Waals surface area contributed by atoms with Crippen molar-refractivity contribution >= 4 is 6.08 Å². The zero-order valence-electron chi connectivity index (χ0n) is 8.04. The summed E-state index contributed by atoms with van der Waals surface area (Å²) in [5.41, 5.74) is 7.32. The summed E-state index contributed by atoms with van der Waals surface area (Å²) in [6.45, 7) is 4.44. The SMILES string of the molecule is C=C(/C=C/c1ccc(F)cc1)CCN. The number of hydrogen-bond acceptors (Lipinski definition) is 1. The van der Waals surface area contributed by atoms with E-state index < -0.39 is 0 Å². The Balaban J connectivity index is 2.60. The highest BCUT2D eigenvalue weighted by Gasteiger charge is 1.89. The molecule has 0 fully saturated rings. The molecule has 0 atom stereocenters. The summed E-state index contributed by atoms with van der Waals surface area (Å²) in [7, 11) is 0. The molecule has 0 radical (unpaired) electrons. The van der Waals surface area contributed by atoms with Gasteiger partial charge in [-0.25, -0.2) is 4.39 Å². The predicted octanol–water partition coefficient (Wildman–Crippen LogP) is 2.74. The van der Waals surface area contributed by atoms with Gasteiger partial charge in [0.25, 0.3) is 0 Å². The van der Waals surface area contributed by atoms with Crippen LogP contribution in [0.25, 0.3) is 6.08 Å². The van der Waals surface area contributed by atoms with Gasteiger partial charge in [-0.2, -0.15) is 0 Å². The Hall–Kier alpha value is -1.41. The van der Waals surface area contributed by atoms with Crippen molar-refractivity contribution in [3.05, 3.63) is 53.9 Å². The molecule has 1 nitrogen and oxygen atoms in total. The first-order valence-corrected chi connectivity index (χ1v) is 4.54. The van der Waals surface area contributed by atoms with Crippen molar-refractivity contribution in [3.63, 3.8) is 0 Å². The minimum absolute atomic E-state index is 0.220. The van der Waals surface area contributed by atoms with E-state index >= 15 is 0 Å². The van der Waals surface area contributed by atoms with E-state index in [1.54, 1.807) is 12.1 Å². The smallest absolute Gasteiger partial charge is 0.123 e. The molecule has 2 heteroatoms. The average Bonchev–Trinajstić information content (AvgIpc) is 2.17. The summed E-state index contributed by atoms with van der Waals surface area (Å²) in [6.07, 6.45) is 4.59. The molecule has 0 aromatic heterocycles. The van der Waals surface area contributed by atoms with Crippen LogP contribution in [0.15, 0.2) is 42.5 Å². The third-order valence-electron chi connectivity index (χ3n) is 1.85. The Morgan fingerprint density at radius 2 is 2.00 bits per heavy atom. The monoisotopic (exact) mass is 191 g/mol. The van der Waals surface area contributed by atoms with Gasteiger partial charge >= 0.3 is 0 Å². The van der Waals surface area contributed by atoms with E-state index in [0.717, 1.165) is 17.6 Å². The highest BCUT2D eigenvalue weighted by molar-refractivity contribution is 5.52. The standard InChI is InChI=1S/C12H14FN/c1-10(8-9-14)2-3-11-4-6-12(13)7-5-11/h2-7H,1,8-9,14H2/b3-2+. The maximum Gasteiger partial charge on any atom is 0.123 e. The second-order valence-corrected chi connectivity index (χ2v) is 3.08. The van der Waals surface area contributed by atoms with E-state index in [1.807, 2.05) is 12.2 Å². The van der Waals surface area contributed by atoms with Crippen molar-refractivity contribution in [2.45, 2.75) is 6.42 Å². The molecular weight excluding hydrogens is 177 g/mol. The van der Waals surface area contributed by atoms with Crippen molar-refractivity contribution in [3.8, 4) is 0 Å². The first-order valence-electron chi connectivity index (χ1n) is 4.54. The van der Waals surface area contributed by atoms with E-state index in [4.69, 9.17) is 5.73 Å². The zero-order chi connectivity index (χ0) is 10.4. The third kappa shape index (κ3) is 3.54. The Bertz CT molecular complexity index is 325.